The van der Waals surface area contributed by atoms with Gasteiger partial charge in [-0.2, -0.15) is 5.10 Å². The molecule has 2 aromatic rings. The summed E-state index contributed by atoms with van der Waals surface area (Å²) in [5.41, 5.74) is 0.930. The molecule has 0 unspecified atom stereocenters. The van der Waals surface area contributed by atoms with E-state index in [0.29, 0.717) is 35.0 Å². The number of aryl methyl sites for hydroxylation is 2. The molecule has 0 aliphatic heterocycles. The summed E-state index contributed by atoms with van der Waals surface area (Å²) in [6.07, 6.45) is 0.659. The van der Waals surface area contributed by atoms with Crippen molar-refractivity contribution < 1.29 is 13.2 Å². The molecule has 108 valence electrons. The van der Waals surface area contributed by atoms with Gasteiger partial charge in [0.1, 0.15) is 11.5 Å². The molecule has 0 atom stereocenters. The first kappa shape index (κ1) is 14.7. The molecule has 0 bridgehead atoms. The largest absolute Gasteiger partial charge is 0.375 e. The zero-order valence-corrected chi connectivity index (χ0v) is 11.7. The van der Waals surface area contributed by atoms with Gasteiger partial charge in [-0.3, -0.25) is 4.68 Å². The van der Waals surface area contributed by atoms with Crippen LogP contribution >= 0.6 is 11.6 Å². The second-order valence-corrected chi connectivity index (χ2v) is 4.66. The third-order valence-corrected chi connectivity index (χ3v) is 3.38. The fourth-order valence-electron chi connectivity index (χ4n) is 1.90. The maximum atomic E-state index is 13.5. The Labute approximate surface area is 119 Å². The monoisotopic (exact) mass is 303 g/mol. The van der Waals surface area contributed by atoms with Gasteiger partial charge in [0, 0.05) is 19.2 Å². The molecule has 1 aromatic heterocycles. The average Bonchev–Trinajstić information content (AvgIpc) is 2.64. The van der Waals surface area contributed by atoms with Gasteiger partial charge in [0.2, 0.25) is 0 Å². The summed E-state index contributed by atoms with van der Waals surface area (Å²) >= 11 is 6.13. The number of anilines is 1. The van der Waals surface area contributed by atoms with Gasteiger partial charge in [0.05, 0.1) is 23.0 Å². The van der Waals surface area contributed by atoms with Crippen LogP contribution in [0.25, 0.3) is 0 Å². The predicted octanol–water partition coefficient (Wildman–Crippen LogP) is 3.67. The van der Waals surface area contributed by atoms with Crippen molar-refractivity contribution >= 4 is 17.3 Å². The van der Waals surface area contributed by atoms with E-state index in [0.717, 1.165) is 0 Å². The van der Waals surface area contributed by atoms with Gasteiger partial charge in [0.15, 0.2) is 11.6 Å². The van der Waals surface area contributed by atoms with Gasteiger partial charge < -0.3 is 5.32 Å². The lowest BCUT2D eigenvalue weighted by molar-refractivity contribution is 0.546. The zero-order valence-electron chi connectivity index (χ0n) is 11.0. The number of hydrogen-bond donors (Lipinski definition) is 1. The van der Waals surface area contributed by atoms with E-state index in [2.05, 4.69) is 10.4 Å². The van der Waals surface area contributed by atoms with Crippen LogP contribution in [0.15, 0.2) is 12.1 Å². The normalized spacial score (nSPS) is 10.9. The third-order valence-electron chi connectivity index (χ3n) is 2.94. The minimum Gasteiger partial charge on any atom is -0.375 e. The molecule has 0 spiro atoms. The fraction of sp³-hybridized carbons (Fsp3) is 0.308. The standard InChI is InChI=1S/C13H13ClF3N3/c1-3-10-12(14)11(20(2)19-10)6-18-13-8(16)4-7(15)5-9(13)17/h4-5,18H,3,6H2,1-2H3. The van der Waals surface area contributed by atoms with Gasteiger partial charge in [-0.1, -0.05) is 18.5 Å². The summed E-state index contributed by atoms with van der Waals surface area (Å²) in [6, 6.07) is 1.24. The highest BCUT2D eigenvalue weighted by Crippen LogP contribution is 2.24. The first-order valence-electron chi connectivity index (χ1n) is 6.02. The van der Waals surface area contributed by atoms with Gasteiger partial charge >= 0.3 is 0 Å². The highest BCUT2D eigenvalue weighted by molar-refractivity contribution is 6.31. The molecule has 3 nitrogen and oxygen atoms in total. The Morgan fingerprint density at radius 2 is 1.85 bits per heavy atom. The van der Waals surface area contributed by atoms with Crippen molar-refractivity contribution in [1.82, 2.24) is 9.78 Å². The minimum absolute atomic E-state index is 0.0851. The molecule has 1 aromatic carbocycles. The molecule has 0 saturated carbocycles. The second-order valence-electron chi connectivity index (χ2n) is 4.28. The molecule has 1 heterocycles. The molecular weight excluding hydrogens is 291 g/mol. The molecule has 0 aliphatic rings. The summed E-state index contributed by atoms with van der Waals surface area (Å²) < 4.78 is 41.3. The lowest BCUT2D eigenvalue weighted by atomic mass is 10.2. The maximum absolute atomic E-state index is 13.5. The Morgan fingerprint density at radius 3 is 2.35 bits per heavy atom. The van der Waals surface area contributed by atoms with E-state index >= 15 is 0 Å². The minimum atomic E-state index is -0.989. The number of aromatic nitrogens is 2. The molecule has 0 amide bonds. The molecule has 0 saturated heterocycles. The molecule has 0 aliphatic carbocycles. The van der Waals surface area contributed by atoms with Crippen molar-refractivity contribution in [2.24, 2.45) is 7.05 Å². The third kappa shape index (κ3) is 2.75. The Morgan fingerprint density at radius 1 is 1.25 bits per heavy atom. The molecule has 0 fully saturated rings. The van der Waals surface area contributed by atoms with Crippen LogP contribution in [-0.2, 0) is 20.0 Å². The van der Waals surface area contributed by atoms with Crippen molar-refractivity contribution in [3.8, 4) is 0 Å². The van der Waals surface area contributed by atoms with Gasteiger partial charge in [-0.05, 0) is 6.42 Å². The van der Waals surface area contributed by atoms with E-state index in [4.69, 9.17) is 11.6 Å². The van der Waals surface area contributed by atoms with Gasteiger partial charge in [-0.15, -0.1) is 0 Å². The Bertz CT molecular complexity index is 617. The lowest BCUT2D eigenvalue weighted by Gasteiger charge is -2.09. The highest BCUT2D eigenvalue weighted by atomic mass is 35.5. The van der Waals surface area contributed by atoms with Gasteiger partial charge in [0.25, 0.3) is 0 Å². The molecule has 0 radical (unpaired) electrons. The van der Waals surface area contributed by atoms with Crippen LogP contribution in [0, 0.1) is 17.5 Å². The lowest BCUT2D eigenvalue weighted by Crippen LogP contribution is -2.08. The van der Waals surface area contributed by atoms with Crippen LogP contribution in [0.4, 0.5) is 18.9 Å². The number of hydrogen-bond acceptors (Lipinski definition) is 2. The summed E-state index contributed by atoms with van der Waals surface area (Å²) in [7, 11) is 1.69. The SMILES string of the molecule is CCc1nn(C)c(CNc2c(F)cc(F)cc2F)c1Cl. The van der Waals surface area contributed by atoms with Crippen LogP contribution in [-0.4, -0.2) is 9.78 Å². The van der Waals surface area contributed by atoms with Crippen molar-refractivity contribution in [1.29, 1.82) is 0 Å². The van der Waals surface area contributed by atoms with Crippen molar-refractivity contribution in [2.75, 3.05) is 5.32 Å². The van der Waals surface area contributed by atoms with E-state index in [-0.39, 0.29) is 12.2 Å². The Balaban J connectivity index is 2.24. The molecule has 2 rings (SSSR count). The summed E-state index contributed by atoms with van der Waals surface area (Å²) in [4.78, 5) is 0. The average molecular weight is 304 g/mol. The Hall–Kier alpha value is -1.69. The number of nitrogens with zero attached hydrogens (tertiary/aromatic N) is 2. The fourth-order valence-corrected chi connectivity index (χ4v) is 2.26. The van der Waals surface area contributed by atoms with Crippen LogP contribution in [0.1, 0.15) is 18.3 Å². The smallest absolute Gasteiger partial charge is 0.152 e. The van der Waals surface area contributed by atoms with E-state index in [1.165, 1.54) is 0 Å². The van der Waals surface area contributed by atoms with Crippen molar-refractivity contribution in [3.63, 3.8) is 0 Å². The molecule has 7 heteroatoms. The summed E-state index contributed by atoms with van der Waals surface area (Å²) in [6.45, 7) is 1.99. The first-order valence-corrected chi connectivity index (χ1v) is 6.40. The van der Waals surface area contributed by atoms with Crippen molar-refractivity contribution in [3.05, 3.63) is 46.0 Å². The van der Waals surface area contributed by atoms with Crippen molar-refractivity contribution in [2.45, 2.75) is 19.9 Å². The van der Waals surface area contributed by atoms with Crippen LogP contribution < -0.4 is 5.32 Å². The zero-order chi connectivity index (χ0) is 14.9. The van der Waals surface area contributed by atoms with E-state index in [9.17, 15) is 13.2 Å². The van der Waals surface area contributed by atoms with E-state index in [1.54, 1.807) is 11.7 Å². The van der Waals surface area contributed by atoms with Gasteiger partial charge in [-0.25, -0.2) is 13.2 Å². The number of rotatable bonds is 4. The number of nitrogens with one attached hydrogen (secondary N) is 1. The predicted molar refractivity (Wildman–Crippen MR) is 71.2 cm³/mol. The van der Waals surface area contributed by atoms with Crippen LogP contribution in [0.5, 0.6) is 0 Å². The van der Waals surface area contributed by atoms with Crippen LogP contribution in [0.3, 0.4) is 0 Å². The summed E-state index contributed by atoms with van der Waals surface area (Å²) in [5, 5.41) is 7.24. The van der Waals surface area contributed by atoms with Crippen LogP contribution in [0.2, 0.25) is 5.02 Å². The molecule has 1 N–H and O–H groups in total. The molecular formula is C13H13ClF3N3. The molecule has 20 heavy (non-hydrogen) atoms. The summed E-state index contributed by atoms with van der Waals surface area (Å²) in [5.74, 6) is -2.94. The second kappa shape index (κ2) is 5.75. The van der Waals surface area contributed by atoms with E-state index in [1.807, 2.05) is 6.92 Å². The number of benzene rings is 1. The maximum Gasteiger partial charge on any atom is 0.152 e. The Kier molecular flexibility index (Phi) is 4.23. The first-order chi connectivity index (χ1) is 9.43. The number of halogens is 4. The quantitative estimate of drug-likeness (QED) is 0.934. The highest BCUT2D eigenvalue weighted by Gasteiger charge is 2.15. The topological polar surface area (TPSA) is 29.9 Å². The van der Waals surface area contributed by atoms with E-state index < -0.39 is 17.5 Å².